The molecule has 1 heterocycles. The van der Waals surface area contributed by atoms with Crippen LogP contribution < -0.4 is 9.83 Å². The Bertz CT molecular complexity index is 813. The monoisotopic (exact) mass is 403 g/mol. The fourth-order valence-corrected chi connectivity index (χ4v) is 5.32. The molecular weight excluding hydrogens is 380 g/mol. The summed E-state index contributed by atoms with van der Waals surface area (Å²) in [7, 11) is -7.30. The Hall–Kier alpha value is -1.49. The second-order valence-electron chi connectivity index (χ2n) is 6.16. The summed E-state index contributed by atoms with van der Waals surface area (Å²) in [6.07, 6.45) is 3.14. The van der Waals surface area contributed by atoms with Gasteiger partial charge in [-0.3, -0.25) is 0 Å². The van der Waals surface area contributed by atoms with Crippen molar-refractivity contribution >= 4 is 26.0 Å². The number of carboxylic acids is 1. The van der Waals surface area contributed by atoms with Crippen LogP contribution in [0.2, 0.25) is 0 Å². The normalized spacial score (nSPS) is 16.0. The molecule has 1 fully saturated rings. The van der Waals surface area contributed by atoms with Gasteiger partial charge in [-0.2, -0.15) is 4.31 Å². The van der Waals surface area contributed by atoms with E-state index in [2.05, 4.69) is 4.72 Å². The SMILES string of the molecule is O=C([O-])CCCCCNS(=O)(=O)c1ccc(S(=O)(=O)N2CCCC2)cc1. The molecule has 0 amide bonds. The fourth-order valence-electron chi connectivity index (χ4n) is 2.73. The Balaban J connectivity index is 1.93. The minimum atomic E-state index is -3.73. The van der Waals surface area contributed by atoms with Crippen LogP contribution >= 0.6 is 0 Å². The van der Waals surface area contributed by atoms with E-state index in [0.717, 1.165) is 12.8 Å². The highest BCUT2D eigenvalue weighted by atomic mass is 32.2. The standard InChI is InChI=1S/C16H24N2O6S2/c19-16(20)6-2-1-3-11-17-25(21,22)14-7-9-15(10-8-14)26(23,24)18-12-4-5-13-18/h7-10,17H,1-6,11-13H2,(H,19,20)/p-1. The third-order valence-corrected chi connectivity index (χ3v) is 7.58. The molecule has 2 rings (SSSR count). The average molecular weight is 404 g/mol. The highest BCUT2D eigenvalue weighted by Gasteiger charge is 2.27. The van der Waals surface area contributed by atoms with Crippen molar-refractivity contribution in [1.82, 2.24) is 9.03 Å². The van der Waals surface area contributed by atoms with E-state index in [9.17, 15) is 26.7 Å². The van der Waals surface area contributed by atoms with E-state index in [1.54, 1.807) is 0 Å². The van der Waals surface area contributed by atoms with Gasteiger partial charge in [0.2, 0.25) is 20.0 Å². The maximum Gasteiger partial charge on any atom is 0.243 e. The van der Waals surface area contributed by atoms with Crippen LogP contribution in [-0.2, 0) is 24.8 Å². The van der Waals surface area contributed by atoms with Gasteiger partial charge >= 0.3 is 0 Å². The number of rotatable bonds is 10. The summed E-state index contributed by atoms with van der Waals surface area (Å²) in [5.41, 5.74) is 0. The number of carbonyl (C=O) groups is 1. The van der Waals surface area contributed by atoms with Crippen molar-refractivity contribution in [3.8, 4) is 0 Å². The van der Waals surface area contributed by atoms with Gasteiger partial charge in [0.1, 0.15) is 0 Å². The molecular formula is C16H23N2O6S2-. The quantitative estimate of drug-likeness (QED) is 0.551. The summed E-state index contributed by atoms with van der Waals surface area (Å²) in [6, 6.07) is 5.17. The second-order valence-corrected chi connectivity index (χ2v) is 9.87. The molecule has 1 aliphatic heterocycles. The fraction of sp³-hybridized carbons (Fsp3) is 0.562. The first-order chi connectivity index (χ1) is 12.2. The first kappa shape index (κ1) is 20.8. The van der Waals surface area contributed by atoms with Gasteiger partial charge in [-0.25, -0.2) is 21.6 Å². The minimum absolute atomic E-state index is 0.00684. The summed E-state index contributed by atoms with van der Waals surface area (Å²) in [5.74, 6) is -1.12. The molecule has 8 nitrogen and oxygen atoms in total. The topological polar surface area (TPSA) is 124 Å². The zero-order chi connectivity index (χ0) is 19.2. The van der Waals surface area contributed by atoms with Crippen LogP contribution in [0.4, 0.5) is 0 Å². The van der Waals surface area contributed by atoms with Crippen molar-refractivity contribution in [2.45, 2.75) is 48.3 Å². The lowest BCUT2D eigenvalue weighted by Crippen LogP contribution is -2.28. The highest BCUT2D eigenvalue weighted by Crippen LogP contribution is 2.22. The van der Waals surface area contributed by atoms with E-state index in [1.165, 1.54) is 28.6 Å². The molecule has 0 aliphatic carbocycles. The zero-order valence-corrected chi connectivity index (χ0v) is 16.0. The molecule has 0 saturated carbocycles. The first-order valence-electron chi connectivity index (χ1n) is 8.53. The van der Waals surface area contributed by atoms with Gasteiger partial charge in [0, 0.05) is 25.6 Å². The molecule has 0 radical (unpaired) electrons. The number of aliphatic carboxylic acids is 1. The Kier molecular flexibility index (Phi) is 7.16. The third-order valence-electron chi connectivity index (χ3n) is 4.19. The minimum Gasteiger partial charge on any atom is -0.550 e. The van der Waals surface area contributed by atoms with E-state index in [1.807, 2.05) is 0 Å². The van der Waals surface area contributed by atoms with Gasteiger partial charge in [-0.1, -0.05) is 6.42 Å². The highest BCUT2D eigenvalue weighted by molar-refractivity contribution is 7.89. The number of hydrogen-bond acceptors (Lipinski definition) is 6. The lowest BCUT2D eigenvalue weighted by molar-refractivity contribution is -0.305. The van der Waals surface area contributed by atoms with E-state index in [-0.39, 0.29) is 22.8 Å². The Morgan fingerprint density at radius 1 is 0.962 bits per heavy atom. The number of sulfonamides is 2. The number of benzene rings is 1. The second kappa shape index (κ2) is 8.94. The molecule has 0 aromatic heterocycles. The zero-order valence-electron chi connectivity index (χ0n) is 14.4. The number of unbranched alkanes of at least 4 members (excludes halogenated alkanes) is 2. The van der Waals surface area contributed by atoms with Crippen LogP contribution in [0.5, 0.6) is 0 Å². The molecule has 26 heavy (non-hydrogen) atoms. The van der Waals surface area contributed by atoms with Crippen LogP contribution in [0, 0.1) is 0 Å². The lowest BCUT2D eigenvalue weighted by atomic mass is 10.2. The van der Waals surface area contributed by atoms with E-state index < -0.39 is 26.0 Å². The van der Waals surface area contributed by atoms with Crippen LogP contribution in [0.15, 0.2) is 34.1 Å². The van der Waals surface area contributed by atoms with E-state index in [4.69, 9.17) is 0 Å². The summed E-state index contributed by atoms with van der Waals surface area (Å²) in [6.45, 7) is 1.16. The molecule has 0 bridgehead atoms. The number of nitrogens with zero attached hydrogens (tertiary/aromatic N) is 1. The van der Waals surface area contributed by atoms with Crippen LogP contribution in [0.3, 0.4) is 0 Å². The van der Waals surface area contributed by atoms with Crippen LogP contribution in [0.25, 0.3) is 0 Å². The number of hydrogen-bond donors (Lipinski definition) is 1. The van der Waals surface area contributed by atoms with E-state index in [0.29, 0.717) is 32.4 Å². The molecule has 0 atom stereocenters. The maximum absolute atomic E-state index is 12.4. The number of nitrogens with one attached hydrogen (secondary N) is 1. The van der Waals surface area contributed by atoms with Crippen molar-refractivity contribution in [3.63, 3.8) is 0 Å². The Labute approximate surface area is 154 Å². The summed E-state index contributed by atoms with van der Waals surface area (Å²) in [4.78, 5) is 10.4. The van der Waals surface area contributed by atoms with Crippen molar-refractivity contribution in [3.05, 3.63) is 24.3 Å². The first-order valence-corrected chi connectivity index (χ1v) is 11.5. The van der Waals surface area contributed by atoms with E-state index >= 15 is 0 Å². The molecule has 0 spiro atoms. The lowest BCUT2D eigenvalue weighted by Gasteiger charge is -2.15. The van der Waals surface area contributed by atoms with Crippen LogP contribution in [0.1, 0.15) is 38.5 Å². The molecule has 1 aromatic rings. The molecule has 146 valence electrons. The van der Waals surface area contributed by atoms with Gasteiger partial charge in [0.15, 0.2) is 0 Å². The predicted octanol–water partition coefficient (Wildman–Crippen LogP) is 0.0597. The van der Waals surface area contributed by atoms with Crippen LogP contribution in [-0.4, -0.2) is 46.7 Å². The smallest absolute Gasteiger partial charge is 0.243 e. The molecule has 0 unspecified atom stereocenters. The summed E-state index contributed by atoms with van der Waals surface area (Å²) >= 11 is 0. The number of carbonyl (C=O) groups excluding carboxylic acids is 1. The third kappa shape index (κ3) is 5.50. The maximum atomic E-state index is 12.4. The van der Waals surface area contributed by atoms with Crippen molar-refractivity contribution in [1.29, 1.82) is 0 Å². The Morgan fingerprint density at radius 3 is 2.12 bits per heavy atom. The largest absolute Gasteiger partial charge is 0.550 e. The van der Waals surface area contributed by atoms with Gasteiger partial charge in [0.25, 0.3) is 0 Å². The molecule has 1 aliphatic rings. The predicted molar refractivity (Wildman–Crippen MR) is 93.1 cm³/mol. The molecule has 1 N–H and O–H groups in total. The molecule has 1 aromatic carbocycles. The van der Waals surface area contributed by atoms with Gasteiger partial charge in [0.05, 0.1) is 9.79 Å². The molecule has 10 heteroatoms. The van der Waals surface area contributed by atoms with Gasteiger partial charge < -0.3 is 9.90 Å². The van der Waals surface area contributed by atoms with Crippen molar-refractivity contribution in [2.75, 3.05) is 19.6 Å². The van der Waals surface area contributed by atoms with Crippen molar-refractivity contribution in [2.24, 2.45) is 0 Å². The van der Waals surface area contributed by atoms with Gasteiger partial charge in [-0.15, -0.1) is 0 Å². The average Bonchev–Trinajstić information content (AvgIpc) is 3.13. The van der Waals surface area contributed by atoms with Crippen molar-refractivity contribution < 1.29 is 26.7 Å². The number of carboxylic acid groups (broad SMARTS) is 1. The Morgan fingerprint density at radius 2 is 1.54 bits per heavy atom. The van der Waals surface area contributed by atoms with Gasteiger partial charge in [-0.05, 0) is 56.4 Å². The molecule has 1 saturated heterocycles. The summed E-state index contributed by atoms with van der Waals surface area (Å²) in [5, 5.41) is 10.3. The summed E-state index contributed by atoms with van der Waals surface area (Å²) < 4.78 is 53.1.